The van der Waals surface area contributed by atoms with Crippen LogP contribution in [0.4, 0.5) is 5.95 Å². The smallest absolute Gasteiger partial charge is 0.217 e. The number of carbonyl (C=O) groups excluding carboxylic acids is 1. The Morgan fingerprint density at radius 2 is 2.15 bits per heavy atom. The summed E-state index contributed by atoms with van der Waals surface area (Å²) >= 11 is 0. The maximum atomic E-state index is 11.2. The minimum Gasteiger partial charge on any atom is -0.392 e. The Labute approximate surface area is 182 Å². The number of carbonyl (C=O) groups is 1. The zero-order valence-electron chi connectivity index (χ0n) is 15.4. The van der Waals surface area contributed by atoms with Crippen LogP contribution >= 0.6 is 0 Å². The number of anilines is 1. The summed E-state index contributed by atoms with van der Waals surface area (Å²) in [7, 11) is 0. The maximum Gasteiger partial charge on any atom is 0.217 e. The van der Waals surface area contributed by atoms with E-state index in [1.54, 1.807) is 6.33 Å². The molecule has 0 bridgehead atoms. The third-order valence-corrected chi connectivity index (χ3v) is 5.41. The Morgan fingerprint density at radius 1 is 1.37 bits per heavy atom. The van der Waals surface area contributed by atoms with Crippen LogP contribution in [0.1, 0.15) is 32.7 Å². The number of rotatable bonds is 3. The van der Waals surface area contributed by atoms with Gasteiger partial charge in [-0.15, -0.1) is 0 Å². The predicted molar refractivity (Wildman–Crippen MR) is 93.4 cm³/mol. The Morgan fingerprint density at radius 3 is 2.81 bits per heavy atom. The summed E-state index contributed by atoms with van der Waals surface area (Å²) in [5.74, 6) is 0.503. The molecule has 9 nitrogen and oxygen atoms in total. The van der Waals surface area contributed by atoms with E-state index >= 15 is 0 Å². The second-order valence-corrected chi connectivity index (χ2v) is 7.35. The Balaban J connectivity index is 0.00000210. The summed E-state index contributed by atoms with van der Waals surface area (Å²) in [6, 6.07) is -0.184. The van der Waals surface area contributed by atoms with Gasteiger partial charge >= 0.3 is 0 Å². The van der Waals surface area contributed by atoms with Crippen LogP contribution in [0.15, 0.2) is 6.33 Å². The summed E-state index contributed by atoms with van der Waals surface area (Å²) < 4.78 is 1.82. The van der Waals surface area contributed by atoms with Gasteiger partial charge in [-0.05, 0) is 25.0 Å². The number of aromatic nitrogens is 4. The third kappa shape index (κ3) is 3.87. The Kier molecular flexibility index (Phi) is 6.15. The summed E-state index contributed by atoms with van der Waals surface area (Å²) in [5.41, 5.74) is 1.14. The van der Waals surface area contributed by atoms with Crippen LogP contribution in [-0.4, -0.2) is 67.0 Å². The van der Waals surface area contributed by atoms with Crippen molar-refractivity contribution in [3.05, 3.63) is 12.5 Å². The predicted octanol–water partition coefficient (Wildman–Crippen LogP) is -0.359. The van der Waals surface area contributed by atoms with Gasteiger partial charge in [0, 0.05) is 69.9 Å². The molecule has 1 amide bonds. The van der Waals surface area contributed by atoms with Gasteiger partial charge in [-0.3, -0.25) is 9.78 Å². The number of aliphatic hydroxyl groups excluding tert-OH is 2. The van der Waals surface area contributed by atoms with Crippen molar-refractivity contribution in [2.75, 3.05) is 18.0 Å². The van der Waals surface area contributed by atoms with Crippen molar-refractivity contribution in [2.45, 2.75) is 51.0 Å². The number of nitrogens with zero attached hydrogens (tertiary/aromatic N) is 5. The van der Waals surface area contributed by atoms with Crippen molar-refractivity contribution >= 4 is 23.0 Å². The topological polar surface area (TPSA) is 116 Å². The minimum atomic E-state index is -0.850. The molecule has 4 rings (SSSR count). The molecule has 3 N–H and O–H groups in total. The normalized spacial score (nSPS) is 30.5. The van der Waals surface area contributed by atoms with Crippen molar-refractivity contribution in [2.24, 2.45) is 5.92 Å². The molecule has 1 radical (unpaired) electrons. The van der Waals surface area contributed by atoms with E-state index < -0.39 is 12.2 Å². The van der Waals surface area contributed by atoms with E-state index in [4.69, 9.17) is 0 Å². The molecule has 2 aromatic rings. The maximum absolute atomic E-state index is 11.2. The average Bonchev–Trinajstić information content (AvgIpc) is 3.29. The van der Waals surface area contributed by atoms with Gasteiger partial charge < -0.3 is 35.0 Å². The number of hydrogen-bond acceptors (Lipinski definition) is 7. The molecule has 3 heterocycles. The SMILES string of the molecule is CC(=O)N[C@@H]1CCN(c2n[c-]c3ncn([C@@H]4C[C@H](C)[C@@H](O)[C@H]4O)c3n2)C1.[Y]. The molecular formula is C17H23N6O3Y-. The molecule has 2 fully saturated rings. The van der Waals surface area contributed by atoms with Crippen LogP contribution in [0.5, 0.6) is 0 Å². The monoisotopic (exact) mass is 448 g/mol. The summed E-state index contributed by atoms with van der Waals surface area (Å²) in [5, 5.41) is 23.3. The number of hydrogen-bond donors (Lipinski definition) is 3. The zero-order valence-corrected chi connectivity index (χ0v) is 18.2. The number of aliphatic hydroxyl groups is 2. The zero-order chi connectivity index (χ0) is 18.4. The molecule has 1 aliphatic carbocycles. The summed E-state index contributed by atoms with van der Waals surface area (Å²) in [6.45, 7) is 4.83. The number of nitrogens with one attached hydrogen (secondary N) is 1. The van der Waals surface area contributed by atoms with Crippen LogP contribution in [0.2, 0.25) is 0 Å². The molecule has 2 aromatic heterocycles. The fourth-order valence-electron chi connectivity index (χ4n) is 4.00. The van der Waals surface area contributed by atoms with Crippen molar-refractivity contribution in [3.63, 3.8) is 0 Å². The molecule has 1 saturated heterocycles. The fourth-order valence-corrected chi connectivity index (χ4v) is 4.00. The van der Waals surface area contributed by atoms with Crippen molar-refractivity contribution in [1.82, 2.24) is 24.8 Å². The van der Waals surface area contributed by atoms with Gasteiger partial charge in [0.1, 0.15) is 5.95 Å². The summed E-state index contributed by atoms with van der Waals surface area (Å²) in [4.78, 5) is 26.4. The molecule has 0 aromatic carbocycles. The Hall–Kier alpha value is -1.16. The summed E-state index contributed by atoms with van der Waals surface area (Å²) in [6.07, 6.45) is 4.44. The van der Waals surface area contributed by atoms with E-state index in [1.807, 2.05) is 16.4 Å². The Bertz CT molecular complexity index is 830. The number of imidazole rings is 1. The fraction of sp³-hybridized carbons (Fsp3) is 0.647. The van der Waals surface area contributed by atoms with E-state index in [0.717, 1.165) is 13.0 Å². The van der Waals surface area contributed by atoms with Crippen LogP contribution in [0.25, 0.3) is 11.2 Å². The molecule has 27 heavy (non-hydrogen) atoms. The number of amides is 1. The number of fused-ring (bicyclic) bond motifs is 1. The van der Waals surface area contributed by atoms with Gasteiger partial charge in [-0.1, -0.05) is 6.92 Å². The van der Waals surface area contributed by atoms with Crippen molar-refractivity contribution < 1.29 is 47.7 Å². The first kappa shape index (κ1) is 20.6. The van der Waals surface area contributed by atoms with E-state index in [-0.39, 0.29) is 56.6 Å². The molecule has 143 valence electrons. The molecule has 0 spiro atoms. The first-order chi connectivity index (χ1) is 12.4. The van der Waals surface area contributed by atoms with Gasteiger partial charge in [0.15, 0.2) is 0 Å². The van der Waals surface area contributed by atoms with E-state index in [2.05, 4.69) is 26.5 Å². The molecular weight excluding hydrogens is 425 g/mol. The van der Waals surface area contributed by atoms with Gasteiger partial charge in [0.25, 0.3) is 0 Å². The second kappa shape index (κ2) is 8.07. The molecule has 1 saturated carbocycles. The molecule has 1 aliphatic heterocycles. The average molecular weight is 448 g/mol. The van der Waals surface area contributed by atoms with Crippen LogP contribution in [-0.2, 0) is 37.5 Å². The minimum absolute atomic E-state index is 0. The molecule has 5 atom stereocenters. The first-order valence-electron chi connectivity index (χ1n) is 8.94. The van der Waals surface area contributed by atoms with E-state index in [1.165, 1.54) is 6.92 Å². The van der Waals surface area contributed by atoms with Crippen LogP contribution < -0.4 is 10.2 Å². The van der Waals surface area contributed by atoms with E-state index in [9.17, 15) is 15.0 Å². The first-order valence-corrected chi connectivity index (χ1v) is 8.94. The standard InChI is InChI=1S/C17H23N6O3.Y/c1-9-5-13(15(26)14(9)25)23-8-19-12-6-18-17(21-16(12)23)22-4-3-11(7-22)20-10(2)24;/h8-9,11,13-15,25-26H,3-5,7H2,1-2H3,(H,20,24);/q-1;/t9-,11+,13+,14+,15-;/m0./s1. The second-order valence-electron chi connectivity index (χ2n) is 7.35. The van der Waals surface area contributed by atoms with Gasteiger partial charge in [0.05, 0.1) is 24.6 Å². The van der Waals surface area contributed by atoms with Crippen molar-refractivity contribution in [3.8, 4) is 0 Å². The van der Waals surface area contributed by atoms with Crippen LogP contribution in [0, 0.1) is 12.1 Å². The van der Waals surface area contributed by atoms with Crippen molar-refractivity contribution in [1.29, 1.82) is 0 Å². The van der Waals surface area contributed by atoms with Gasteiger partial charge in [-0.2, -0.15) is 0 Å². The van der Waals surface area contributed by atoms with Crippen LogP contribution in [0.3, 0.4) is 0 Å². The third-order valence-electron chi connectivity index (χ3n) is 5.41. The quantitative estimate of drug-likeness (QED) is 0.550. The van der Waals surface area contributed by atoms with Gasteiger partial charge in [-0.25, -0.2) is 0 Å². The van der Waals surface area contributed by atoms with Gasteiger partial charge in [0.2, 0.25) is 5.91 Å². The molecule has 2 aliphatic rings. The largest absolute Gasteiger partial charge is 0.392 e. The molecule has 0 unspecified atom stereocenters. The molecule has 10 heteroatoms. The van der Waals surface area contributed by atoms with E-state index in [0.29, 0.717) is 30.1 Å².